The number of carbonyl (C=O) groups excluding carboxylic acids is 1. The Morgan fingerprint density at radius 1 is 1.17 bits per heavy atom. The first-order valence-electron chi connectivity index (χ1n) is 10.9. The Kier molecular flexibility index (Phi) is 5.15. The van der Waals surface area contributed by atoms with Gasteiger partial charge in [0.15, 0.2) is 0 Å². The number of amides is 1. The van der Waals surface area contributed by atoms with Gasteiger partial charge in [-0.25, -0.2) is 15.0 Å². The third-order valence-electron chi connectivity index (χ3n) is 6.08. The number of hydrogen-bond donors (Lipinski definition) is 1. The van der Waals surface area contributed by atoms with E-state index in [1.54, 1.807) is 0 Å². The van der Waals surface area contributed by atoms with Gasteiger partial charge in [-0.3, -0.25) is 4.79 Å². The van der Waals surface area contributed by atoms with E-state index in [9.17, 15) is 4.79 Å². The second-order valence-electron chi connectivity index (χ2n) is 8.43. The average molecular weight is 422 g/mol. The first kappa shape index (κ1) is 19.4. The second kappa shape index (κ2) is 7.95. The fourth-order valence-electron chi connectivity index (χ4n) is 4.19. The number of aryl methyl sites for hydroxylation is 2. The summed E-state index contributed by atoms with van der Waals surface area (Å²) >= 11 is 1.48. The van der Waals surface area contributed by atoms with Gasteiger partial charge in [-0.15, -0.1) is 11.3 Å². The molecule has 1 saturated heterocycles. The molecule has 2 aliphatic rings. The van der Waals surface area contributed by atoms with Crippen molar-refractivity contribution in [2.75, 3.05) is 18.0 Å². The van der Waals surface area contributed by atoms with Crippen LogP contribution in [0.25, 0.3) is 10.2 Å². The van der Waals surface area contributed by atoms with Gasteiger partial charge in [0.1, 0.15) is 16.5 Å². The van der Waals surface area contributed by atoms with Crippen LogP contribution >= 0.6 is 11.3 Å². The van der Waals surface area contributed by atoms with Crippen molar-refractivity contribution in [1.82, 2.24) is 20.3 Å². The highest BCUT2D eigenvalue weighted by Crippen LogP contribution is 2.40. The van der Waals surface area contributed by atoms with Crippen LogP contribution in [0.1, 0.15) is 70.3 Å². The fourth-order valence-corrected chi connectivity index (χ4v) is 5.35. The maximum Gasteiger partial charge on any atom is 0.261 e. The van der Waals surface area contributed by atoms with Crippen LogP contribution in [0.5, 0.6) is 0 Å². The van der Waals surface area contributed by atoms with E-state index in [0.29, 0.717) is 12.5 Å². The number of aromatic nitrogens is 3. The monoisotopic (exact) mass is 421 g/mol. The van der Waals surface area contributed by atoms with E-state index < -0.39 is 0 Å². The molecule has 0 bridgehead atoms. The summed E-state index contributed by atoms with van der Waals surface area (Å²) in [6.07, 6.45) is 8.00. The topological polar surface area (TPSA) is 71.0 Å². The van der Waals surface area contributed by atoms with E-state index in [1.165, 1.54) is 43.4 Å². The average Bonchev–Trinajstić information content (AvgIpc) is 3.56. The van der Waals surface area contributed by atoms with Crippen LogP contribution in [-0.4, -0.2) is 33.9 Å². The van der Waals surface area contributed by atoms with E-state index in [1.807, 2.05) is 20.0 Å². The number of nitrogens with zero attached hydrogens (tertiary/aromatic N) is 4. The standard InChI is InChI=1S/C23H27N5OS/c1-14-19-15(2)26-21(17-7-8-17)27-23(19)30-20(14)22(29)25-13-16-6-9-18(24-12-16)28-10-4-3-5-11-28/h6,9,12,17H,3-5,7-8,10-11,13H2,1-2H3,(H,25,29). The summed E-state index contributed by atoms with van der Waals surface area (Å²) in [5.74, 6) is 2.43. The predicted octanol–water partition coefficient (Wildman–Crippen LogP) is 4.50. The summed E-state index contributed by atoms with van der Waals surface area (Å²) in [5.41, 5.74) is 2.97. The Labute approximate surface area is 180 Å². The summed E-state index contributed by atoms with van der Waals surface area (Å²) in [5, 5.41) is 4.08. The largest absolute Gasteiger partial charge is 0.357 e. The van der Waals surface area contributed by atoms with Crippen molar-refractivity contribution in [3.05, 3.63) is 45.9 Å². The van der Waals surface area contributed by atoms with Gasteiger partial charge in [0.25, 0.3) is 5.91 Å². The van der Waals surface area contributed by atoms with E-state index in [-0.39, 0.29) is 5.91 Å². The zero-order valence-electron chi connectivity index (χ0n) is 17.6. The molecule has 0 atom stereocenters. The van der Waals surface area contributed by atoms with Crippen LogP contribution in [0, 0.1) is 13.8 Å². The Hall–Kier alpha value is -2.54. The predicted molar refractivity (Wildman–Crippen MR) is 120 cm³/mol. The first-order valence-corrected chi connectivity index (χ1v) is 11.7. The molecule has 0 unspecified atom stereocenters. The maximum atomic E-state index is 12.9. The zero-order valence-corrected chi connectivity index (χ0v) is 18.4. The number of anilines is 1. The molecular weight excluding hydrogens is 394 g/mol. The Balaban J connectivity index is 1.29. The number of carbonyl (C=O) groups is 1. The lowest BCUT2D eigenvalue weighted by Crippen LogP contribution is -2.30. The second-order valence-corrected chi connectivity index (χ2v) is 9.43. The highest BCUT2D eigenvalue weighted by Gasteiger charge is 2.28. The molecule has 7 heteroatoms. The maximum absolute atomic E-state index is 12.9. The van der Waals surface area contributed by atoms with Crippen molar-refractivity contribution in [2.45, 2.75) is 58.4 Å². The molecule has 0 aromatic carbocycles. The molecule has 1 aliphatic heterocycles. The Morgan fingerprint density at radius 3 is 2.67 bits per heavy atom. The fraction of sp³-hybridized carbons (Fsp3) is 0.478. The van der Waals surface area contributed by atoms with Crippen molar-refractivity contribution in [3.63, 3.8) is 0 Å². The quantitative estimate of drug-likeness (QED) is 0.657. The van der Waals surface area contributed by atoms with Crippen molar-refractivity contribution in [2.24, 2.45) is 0 Å². The van der Waals surface area contributed by atoms with Crippen LogP contribution in [0.15, 0.2) is 18.3 Å². The molecule has 1 saturated carbocycles. The Bertz CT molecular complexity index is 1080. The normalized spacial score (nSPS) is 16.8. The van der Waals surface area contributed by atoms with Gasteiger partial charge in [0, 0.05) is 37.1 Å². The molecule has 5 rings (SSSR count). The van der Waals surface area contributed by atoms with E-state index in [0.717, 1.165) is 56.6 Å². The highest BCUT2D eigenvalue weighted by atomic mass is 32.1. The molecule has 1 N–H and O–H groups in total. The van der Waals surface area contributed by atoms with Gasteiger partial charge in [-0.1, -0.05) is 6.07 Å². The number of nitrogens with one attached hydrogen (secondary N) is 1. The third-order valence-corrected chi connectivity index (χ3v) is 7.26. The molecule has 3 aromatic heterocycles. The van der Waals surface area contributed by atoms with Gasteiger partial charge >= 0.3 is 0 Å². The van der Waals surface area contributed by atoms with Gasteiger partial charge < -0.3 is 10.2 Å². The van der Waals surface area contributed by atoms with Crippen LogP contribution in [0.4, 0.5) is 5.82 Å². The van der Waals surface area contributed by atoms with Crippen molar-refractivity contribution < 1.29 is 4.79 Å². The minimum atomic E-state index is -0.0528. The molecule has 30 heavy (non-hydrogen) atoms. The van der Waals surface area contributed by atoms with Crippen molar-refractivity contribution >= 4 is 33.3 Å². The van der Waals surface area contributed by atoms with E-state index in [4.69, 9.17) is 4.98 Å². The molecular formula is C23H27N5OS. The highest BCUT2D eigenvalue weighted by molar-refractivity contribution is 7.20. The minimum absolute atomic E-state index is 0.0528. The molecule has 6 nitrogen and oxygen atoms in total. The summed E-state index contributed by atoms with van der Waals surface area (Å²) < 4.78 is 0. The van der Waals surface area contributed by atoms with Gasteiger partial charge in [-0.05, 0) is 63.1 Å². The molecule has 2 fully saturated rings. The van der Waals surface area contributed by atoms with Gasteiger partial charge in [0.2, 0.25) is 0 Å². The van der Waals surface area contributed by atoms with Crippen LogP contribution in [0.2, 0.25) is 0 Å². The summed E-state index contributed by atoms with van der Waals surface area (Å²) in [6, 6.07) is 4.13. The van der Waals surface area contributed by atoms with Crippen LogP contribution < -0.4 is 10.2 Å². The summed E-state index contributed by atoms with van der Waals surface area (Å²) in [6.45, 7) is 6.65. The lowest BCUT2D eigenvalue weighted by atomic mass is 10.1. The van der Waals surface area contributed by atoms with Crippen molar-refractivity contribution in [3.8, 4) is 0 Å². The number of piperidine rings is 1. The molecule has 0 radical (unpaired) electrons. The van der Waals surface area contributed by atoms with E-state index in [2.05, 4.69) is 32.3 Å². The summed E-state index contributed by atoms with van der Waals surface area (Å²) in [4.78, 5) is 30.9. The van der Waals surface area contributed by atoms with Gasteiger partial charge in [0.05, 0.1) is 10.6 Å². The number of rotatable bonds is 5. The molecule has 0 spiro atoms. The number of hydrogen-bond acceptors (Lipinski definition) is 6. The lowest BCUT2D eigenvalue weighted by molar-refractivity contribution is 0.0954. The number of pyridine rings is 1. The van der Waals surface area contributed by atoms with Crippen LogP contribution in [-0.2, 0) is 6.54 Å². The number of thiophene rings is 1. The first-order chi connectivity index (χ1) is 14.6. The third kappa shape index (κ3) is 3.78. The lowest BCUT2D eigenvalue weighted by Gasteiger charge is -2.27. The smallest absolute Gasteiger partial charge is 0.261 e. The minimum Gasteiger partial charge on any atom is -0.357 e. The van der Waals surface area contributed by atoms with Crippen molar-refractivity contribution in [1.29, 1.82) is 0 Å². The Morgan fingerprint density at radius 2 is 1.97 bits per heavy atom. The summed E-state index contributed by atoms with van der Waals surface area (Å²) in [7, 11) is 0. The molecule has 1 amide bonds. The van der Waals surface area contributed by atoms with E-state index >= 15 is 0 Å². The van der Waals surface area contributed by atoms with Gasteiger partial charge in [-0.2, -0.15) is 0 Å². The molecule has 156 valence electrons. The molecule has 3 aromatic rings. The molecule has 4 heterocycles. The zero-order chi connectivity index (χ0) is 20.7. The molecule has 1 aliphatic carbocycles. The number of fused-ring (bicyclic) bond motifs is 1. The SMILES string of the molecule is Cc1nc(C2CC2)nc2sc(C(=O)NCc3ccc(N4CCCCC4)nc3)c(C)c12. The van der Waals surface area contributed by atoms with Crippen LogP contribution in [0.3, 0.4) is 0 Å².